The number of rotatable bonds is 6. The second-order valence-electron chi connectivity index (χ2n) is 18.2. The Morgan fingerprint density at radius 3 is 1.61 bits per heavy atom. The monoisotopic (exact) mass is 906 g/mol. The third kappa shape index (κ3) is 5.80. The number of hydrogen-bond donors (Lipinski definition) is 0. The molecule has 14 aromatic rings. The third-order valence-electron chi connectivity index (χ3n) is 14.5. The van der Waals surface area contributed by atoms with Gasteiger partial charge in [0.1, 0.15) is 34.6 Å². The van der Waals surface area contributed by atoms with Gasteiger partial charge in [-0.25, -0.2) is 0 Å². The van der Waals surface area contributed by atoms with E-state index in [-0.39, 0.29) is 0 Å². The molecule has 0 aliphatic heterocycles. The molecule has 0 amide bonds. The molecule has 330 valence electrons. The summed E-state index contributed by atoms with van der Waals surface area (Å²) >= 11 is 0. The molecule has 0 spiro atoms. The number of hydrogen-bond acceptors (Lipinski definition) is 4. The number of para-hydroxylation sites is 1. The van der Waals surface area contributed by atoms with Gasteiger partial charge in [0.25, 0.3) is 0 Å². The van der Waals surface area contributed by atoms with Crippen LogP contribution in [0.15, 0.2) is 203 Å². The minimum atomic E-state index is 0.300. The van der Waals surface area contributed by atoms with Gasteiger partial charge in [-0.15, -0.1) is 0 Å². The van der Waals surface area contributed by atoms with Crippen molar-refractivity contribution in [3.63, 3.8) is 0 Å². The smallest absolute Gasteiger partial charge is 0.135 e. The van der Waals surface area contributed by atoms with Gasteiger partial charge in [-0.1, -0.05) is 122 Å². The number of aromatic nitrogens is 2. The van der Waals surface area contributed by atoms with Crippen LogP contribution in [-0.4, -0.2) is 9.13 Å². The Morgan fingerprint density at radius 1 is 0.465 bits per heavy atom. The first-order valence-corrected chi connectivity index (χ1v) is 23.7. The van der Waals surface area contributed by atoms with Crippen LogP contribution in [-0.2, 0) is 0 Å². The molecule has 14 rings (SSSR count). The number of nitrogens with zero attached hydrogens (tertiary/aromatic N) is 4. The van der Waals surface area contributed by atoms with Crippen LogP contribution in [0.5, 0.6) is 0 Å². The Morgan fingerprint density at radius 2 is 0.986 bits per heavy atom. The van der Waals surface area contributed by atoms with Crippen molar-refractivity contribution in [2.75, 3.05) is 0 Å². The zero-order valence-corrected chi connectivity index (χ0v) is 38.4. The molecule has 0 N–H and O–H groups in total. The fourth-order valence-electron chi connectivity index (χ4n) is 11.3. The van der Waals surface area contributed by atoms with Crippen LogP contribution >= 0.6 is 0 Å². The van der Waals surface area contributed by atoms with Gasteiger partial charge in [-0.3, -0.25) is 0 Å². The van der Waals surface area contributed by atoms with Crippen LogP contribution in [0.2, 0.25) is 0 Å². The maximum atomic E-state index is 11.3. The summed E-state index contributed by atoms with van der Waals surface area (Å²) in [6.45, 7) is 6.10. The average molecular weight is 907 g/mol. The van der Waals surface area contributed by atoms with Crippen molar-refractivity contribution in [3.8, 4) is 45.8 Å². The zero-order valence-electron chi connectivity index (χ0n) is 38.4. The number of fused-ring (bicyclic) bond motifs is 14. The number of nitriles is 2. The Bertz CT molecular complexity index is 4770. The molecule has 0 saturated carbocycles. The van der Waals surface area contributed by atoms with Gasteiger partial charge in [0.2, 0.25) is 0 Å². The highest BCUT2D eigenvalue weighted by atomic mass is 16.3. The van der Waals surface area contributed by atoms with Gasteiger partial charge in [-0.2, -0.15) is 10.5 Å². The highest BCUT2D eigenvalue weighted by molar-refractivity contribution is 6.24. The molecule has 0 saturated heterocycles. The molecule has 0 fully saturated rings. The van der Waals surface area contributed by atoms with E-state index in [1.807, 2.05) is 55.5 Å². The normalized spacial score (nSPS) is 12.0. The van der Waals surface area contributed by atoms with Gasteiger partial charge in [0.15, 0.2) is 0 Å². The average Bonchev–Trinajstić information content (AvgIpc) is 4.17. The van der Waals surface area contributed by atoms with Crippen molar-refractivity contribution in [3.05, 3.63) is 217 Å². The molecule has 0 atom stereocenters. The molecule has 0 aliphatic rings. The summed E-state index contributed by atoms with van der Waals surface area (Å²) < 4.78 is 17.0. The standard InChI is InChI=1S/C65H38N4O2/c1-3-11-59-45(4-2)49-32-42(23-30-61(49)70-59)40-20-25-54-51(34-40)63-46-14-7-5-12-38(46)18-27-56(63)68(54)58-29-22-44(36-66)53(37-67)65(58)69-55-26-21-41(35-52(55)64-47-15-8-6-13-39(47)19-28-57(64)69)43-24-31-62-50(33-43)48-16-9-10-17-60(48)71-62/h3-35H,2H2,1H3/b11-3-. The van der Waals surface area contributed by atoms with Crippen LogP contribution < -0.4 is 0 Å². The quantitative estimate of drug-likeness (QED) is 0.166. The topological polar surface area (TPSA) is 83.7 Å². The van der Waals surface area contributed by atoms with Gasteiger partial charge < -0.3 is 18.0 Å². The molecular formula is C65H38N4O2. The van der Waals surface area contributed by atoms with Gasteiger partial charge >= 0.3 is 0 Å². The predicted octanol–water partition coefficient (Wildman–Crippen LogP) is 17.6. The van der Waals surface area contributed by atoms with Crippen LogP contribution in [0.4, 0.5) is 0 Å². The first-order valence-electron chi connectivity index (χ1n) is 23.7. The Labute approximate surface area is 406 Å². The minimum Gasteiger partial charge on any atom is -0.456 e. The SMILES string of the molecule is C=Cc1c(/C=C\C)oc2ccc(-c3ccc4c(c3)c3c5ccccc5ccc3n4-c3ccc(C#N)c(C#N)c3-n3c4ccc(-c5ccc6oc7ccccc7c6c5)cc4c4c5ccccc5ccc43)cc12. The number of allylic oxidation sites excluding steroid dienone is 1. The van der Waals surface area contributed by atoms with E-state index >= 15 is 0 Å². The van der Waals surface area contributed by atoms with Crippen molar-refractivity contribution >= 4 is 110 Å². The van der Waals surface area contributed by atoms with Crippen LogP contribution in [0.1, 0.15) is 29.4 Å². The molecule has 0 aliphatic carbocycles. The van der Waals surface area contributed by atoms with Gasteiger partial charge in [0.05, 0.1) is 44.6 Å². The van der Waals surface area contributed by atoms with E-state index in [1.54, 1.807) is 6.07 Å². The van der Waals surface area contributed by atoms with E-state index in [2.05, 4.69) is 173 Å². The van der Waals surface area contributed by atoms with E-state index in [0.717, 1.165) is 137 Å². The molecule has 6 nitrogen and oxygen atoms in total. The minimum absolute atomic E-state index is 0.300. The van der Waals surface area contributed by atoms with E-state index in [9.17, 15) is 10.5 Å². The zero-order chi connectivity index (χ0) is 47.5. The molecule has 0 bridgehead atoms. The summed E-state index contributed by atoms with van der Waals surface area (Å²) in [6, 6.07) is 68.5. The van der Waals surface area contributed by atoms with Crippen molar-refractivity contribution in [2.45, 2.75) is 6.92 Å². The summed E-state index contributed by atoms with van der Waals surface area (Å²) in [5, 5.41) is 33.9. The fraction of sp³-hybridized carbons (Fsp3) is 0.0154. The van der Waals surface area contributed by atoms with Crippen molar-refractivity contribution in [1.29, 1.82) is 10.5 Å². The van der Waals surface area contributed by atoms with E-state index < -0.39 is 0 Å². The summed E-state index contributed by atoms with van der Waals surface area (Å²) in [5.74, 6) is 0.785. The number of benzene rings is 10. The van der Waals surface area contributed by atoms with E-state index in [4.69, 9.17) is 8.83 Å². The molecular weight excluding hydrogens is 869 g/mol. The molecule has 71 heavy (non-hydrogen) atoms. The second kappa shape index (κ2) is 15.3. The van der Waals surface area contributed by atoms with Crippen molar-refractivity contribution in [2.24, 2.45) is 0 Å². The summed E-state index contributed by atoms with van der Waals surface area (Å²) in [4.78, 5) is 0. The number of furan rings is 2. The molecule has 0 unspecified atom stereocenters. The highest BCUT2D eigenvalue weighted by Crippen LogP contribution is 2.45. The largest absolute Gasteiger partial charge is 0.456 e. The summed E-state index contributed by atoms with van der Waals surface area (Å²) in [5.41, 5.74) is 13.5. The van der Waals surface area contributed by atoms with Gasteiger partial charge in [0, 0.05) is 43.3 Å². The van der Waals surface area contributed by atoms with Crippen LogP contribution in [0, 0.1) is 22.7 Å². The third-order valence-corrected chi connectivity index (χ3v) is 14.5. The lowest BCUT2D eigenvalue weighted by molar-refractivity contribution is 0.603. The summed E-state index contributed by atoms with van der Waals surface area (Å²) in [7, 11) is 0. The van der Waals surface area contributed by atoms with E-state index in [0.29, 0.717) is 16.8 Å². The fourth-order valence-corrected chi connectivity index (χ4v) is 11.3. The first kappa shape index (κ1) is 40.2. The lowest BCUT2D eigenvalue weighted by atomic mass is 9.98. The molecule has 0 radical (unpaired) electrons. The lowest BCUT2D eigenvalue weighted by Crippen LogP contribution is -2.07. The van der Waals surface area contributed by atoms with E-state index in [1.165, 1.54) is 0 Å². The molecule has 4 heterocycles. The first-order chi connectivity index (χ1) is 35.0. The molecule has 6 heteroatoms. The highest BCUT2D eigenvalue weighted by Gasteiger charge is 2.26. The lowest BCUT2D eigenvalue weighted by Gasteiger charge is -2.19. The Kier molecular flexibility index (Phi) is 8.68. The van der Waals surface area contributed by atoms with Crippen LogP contribution in [0.3, 0.4) is 0 Å². The summed E-state index contributed by atoms with van der Waals surface area (Å²) in [6.07, 6.45) is 5.81. The Hall–Kier alpha value is -9.88. The maximum absolute atomic E-state index is 11.3. The molecule has 10 aromatic carbocycles. The maximum Gasteiger partial charge on any atom is 0.135 e. The van der Waals surface area contributed by atoms with Crippen LogP contribution in [0.25, 0.3) is 144 Å². The molecule has 4 aromatic heterocycles. The van der Waals surface area contributed by atoms with Crippen molar-refractivity contribution < 1.29 is 8.83 Å². The Balaban J connectivity index is 1.06. The van der Waals surface area contributed by atoms with Crippen molar-refractivity contribution in [1.82, 2.24) is 9.13 Å². The predicted molar refractivity (Wildman–Crippen MR) is 292 cm³/mol. The second-order valence-corrected chi connectivity index (χ2v) is 18.2. The van der Waals surface area contributed by atoms with Gasteiger partial charge in [-0.05, 0) is 136 Å².